The third-order valence-electron chi connectivity index (χ3n) is 1.86. The number of allylic oxidation sites excluding steroid dienone is 3. The number of carboxylic acid groups (broad SMARTS) is 1. The largest absolute Gasteiger partial charge is 0.475 e. The van der Waals surface area contributed by atoms with Crippen molar-refractivity contribution in [3.8, 4) is 0 Å². The molecule has 1 aromatic rings. The van der Waals surface area contributed by atoms with Gasteiger partial charge in [-0.3, -0.25) is 4.79 Å². The molecule has 17 heavy (non-hydrogen) atoms. The smallest absolute Gasteiger partial charge is 0.371 e. The van der Waals surface area contributed by atoms with Crippen molar-refractivity contribution in [3.05, 3.63) is 48.0 Å². The fourth-order valence-electron chi connectivity index (χ4n) is 1.08. The lowest BCUT2D eigenvalue weighted by molar-refractivity contribution is -0.116. The van der Waals surface area contributed by atoms with E-state index in [1.54, 1.807) is 18.2 Å². The van der Waals surface area contributed by atoms with Gasteiger partial charge in [-0.15, -0.1) is 0 Å². The zero-order valence-electron chi connectivity index (χ0n) is 9.34. The zero-order chi connectivity index (χ0) is 12.7. The van der Waals surface area contributed by atoms with E-state index in [1.807, 2.05) is 6.92 Å². The van der Waals surface area contributed by atoms with Gasteiger partial charge in [0.05, 0.1) is 6.54 Å². The van der Waals surface area contributed by atoms with Crippen molar-refractivity contribution in [3.63, 3.8) is 0 Å². The Bertz CT molecular complexity index is 457. The quantitative estimate of drug-likeness (QED) is 0.601. The van der Waals surface area contributed by atoms with E-state index in [0.29, 0.717) is 5.76 Å². The number of carbonyl (C=O) groups is 2. The molecule has 0 spiro atoms. The van der Waals surface area contributed by atoms with Crippen molar-refractivity contribution < 1.29 is 19.1 Å². The molecule has 0 bridgehead atoms. The lowest BCUT2D eigenvalue weighted by Gasteiger charge is -1.97. The Balaban J connectivity index is 2.44. The lowest BCUT2D eigenvalue weighted by atomic mass is 10.4. The van der Waals surface area contributed by atoms with Crippen molar-refractivity contribution in [2.45, 2.75) is 13.5 Å². The first-order chi connectivity index (χ1) is 8.13. The Morgan fingerprint density at radius 2 is 2.18 bits per heavy atom. The molecule has 5 heteroatoms. The number of hydrogen-bond acceptors (Lipinski definition) is 3. The van der Waals surface area contributed by atoms with Crippen LogP contribution in [0.4, 0.5) is 0 Å². The maximum atomic E-state index is 11.2. The molecule has 0 saturated heterocycles. The predicted molar refractivity (Wildman–Crippen MR) is 61.5 cm³/mol. The molecule has 2 N–H and O–H groups in total. The van der Waals surface area contributed by atoms with Gasteiger partial charge in [0.1, 0.15) is 5.76 Å². The molecule has 1 amide bonds. The molecule has 0 aliphatic rings. The Morgan fingerprint density at radius 1 is 1.41 bits per heavy atom. The summed E-state index contributed by atoms with van der Waals surface area (Å²) in [6, 6.07) is 2.86. The molecule has 1 heterocycles. The number of hydrogen-bond donors (Lipinski definition) is 2. The number of rotatable bonds is 5. The van der Waals surface area contributed by atoms with Gasteiger partial charge >= 0.3 is 5.97 Å². The molecule has 0 saturated carbocycles. The van der Waals surface area contributed by atoms with E-state index >= 15 is 0 Å². The number of carbonyl (C=O) groups excluding carboxylic acids is 1. The Hall–Kier alpha value is -2.30. The highest BCUT2D eigenvalue weighted by atomic mass is 16.4. The Kier molecular flexibility index (Phi) is 4.75. The van der Waals surface area contributed by atoms with Gasteiger partial charge in [0.2, 0.25) is 11.7 Å². The number of amides is 1. The average molecular weight is 235 g/mol. The van der Waals surface area contributed by atoms with Crippen LogP contribution in [0.1, 0.15) is 23.2 Å². The molecule has 5 nitrogen and oxygen atoms in total. The van der Waals surface area contributed by atoms with Crippen LogP contribution in [0, 0.1) is 0 Å². The maximum absolute atomic E-state index is 11.2. The third-order valence-corrected chi connectivity index (χ3v) is 1.86. The summed E-state index contributed by atoms with van der Waals surface area (Å²) >= 11 is 0. The Morgan fingerprint density at radius 3 is 2.76 bits per heavy atom. The second-order valence-electron chi connectivity index (χ2n) is 3.17. The van der Waals surface area contributed by atoms with Crippen molar-refractivity contribution >= 4 is 11.9 Å². The molecule has 0 atom stereocenters. The summed E-state index contributed by atoms with van der Waals surface area (Å²) in [5.74, 6) is -1.14. The lowest BCUT2D eigenvalue weighted by Crippen LogP contribution is -2.19. The maximum Gasteiger partial charge on any atom is 0.371 e. The number of aromatic carboxylic acids is 1. The first kappa shape index (κ1) is 12.8. The van der Waals surface area contributed by atoms with Crippen LogP contribution < -0.4 is 5.32 Å². The van der Waals surface area contributed by atoms with Crippen molar-refractivity contribution in [1.29, 1.82) is 0 Å². The van der Waals surface area contributed by atoms with Crippen molar-refractivity contribution in [2.75, 3.05) is 0 Å². The topological polar surface area (TPSA) is 79.5 Å². The van der Waals surface area contributed by atoms with Gasteiger partial charge in [-0.25, -0.2) is 4.79 Å². The fraction of sp³-hybridized carbons (Fsp3) is 0.167. The van der Waals surface area contributed by atoms with Gasteiger partial charge in [-0.1, -0.05) is 18.2 Å². The molecule has 0 fully saturated rings. The molecule has 0 aliphatic heterocycles. The van der Waals surface area contributed by atoms with Crippen LogP contribution in [0.5, 0.6) is 0 Å². The van der Waals surface area contributed by atoms with E-state index in [0.717, 1.165) is 0 Å². The van der Waals surface area contributed by atoms with Crippen LogP contribution in [-0.2, 0) is 11.3 Å². The van der Waals surface area contributed by atoms with Gasteiger partial charge < -0.3 is 14.8 Å². The van der Waals surface area contributed by atoms with Crippen molar-refractivity contribution in [1.82, 2.24) is 5.32 Å². The number of furan rings is 1. The summed E-state index contributed by atoms with van der Waals surface area (Å²) in [5.41, 5.74) is 0. The van der Waals surface area contributed by atoms with Crippen LogP contribution in [0.25, 0.3) is 0 Å². The van der Waals surface area contributed by atoms with Crippen LogP contribution in [0.15, 0.2) is 40.9 Å². The summed E-state index contributed by atoms with van der Waals surface area (Å²) in [7, 11) is 0. The normalized spacial score (nSPS) is 11.1. The molecular weight excluding hydrogens is 222 g/mol. The van der Waals surface area contributed by atoms with Gasteiger partial charge in [0.25, 0.3) is 0 Å². The monoisotopic (exact) mass is 235 g/mol. The molecule has 90 valence electrons. The van der Waals surface area contributed by atoms with E-state index < -0.39 is 5.97 Å². The van der Waals surface area contributed by atoms with Crippen LogP contribution in [0.3, 0.4) is 0 Å². The SMILES string of the molecule is C/C=C/C=CC(=O)NCc1ccc(C(=O)O)o1. The molecule has 1 aromatic heterocycles. The third kappa shape index (κ3) is 4.38. The standard InChI is InChI=1S/C12H13NO4/c1-2-3-4-5-11(14)13-8-9-6-7-10(17-9)12(15)16/h2-7H,8H2,1H3,(H,13,14)(H,15,16)/b3-2+,5-4?. The summed E-state index contributed by atoms with van der Waals surface area (Å²) in [4.78, 5) is 21.8. The second-order valence-corrected chi connectivity index (χ2v) is 3.17. The minimum atomic E-state index is -1.13. The van der Waals surface area contributed by atoms with E-state index in [9.17, 15) is 9.59 Å². The predicted octanol–water partition coefficient (Wildman–Crippen LogP) is 1.73. The summed E-state index contributed by atoms with van der Waals surface area (Å²) in [6.07, 6.45) is 6.52. The summed E-state index contributed by atoms with van der Waals surface area (Å²) in [5, 5.41) is 11.2. The van der Waals surface area contributed by atoms with Crippen LogP contribution >= 0.6 is 0 Å². The summed E-state index contributed by atoms with van der Waals surface area (Å²) < 4.78 is 4.97. The first-order valence-electron chi connectivity index (χ1n) is 5.02. The molecule has 0 aliphatic carbocycles. The van der Waals surface area contributed by atoms with Gasteiger partial charge in [0.15, 0.2) is 0 Å². The fourth-order valence-corrected chi connectivity index (χ4v) is 1.08. The van der Waals surface area contributed by atoms with E-state index in [-0.39, 0.29) is 18.2 Å². The molecule has 0 unspecified atom stereocenters. The van der Waals surface area contributed by atoms with E-state index in [4.69, 9.17) is 9.52 Å². The average Bonchev–Trinajstić information content (AvgIpc) is 2.75. The highest BCUT2D eigenvalue weighted by Crippen LogP contribution is 2.07. The highest BCUT2D eigenvalue weighted by Gasteiger charge is 2.08. The van der Waals surface area contributed by atoms with Gasteiger partial charge in [-0.2, -0.15) is 0 Å². The highest BCUT2D eigenvalue weighted by molar-refractivity contribution is 5.87. The van der Waals surface area contributed by atoms with E-state index in [1.165, 1.54) is 18.2 Å². The Labute approximate surface area is 98.4 Å². The summed E-state index contributed by atoms with van der Waals surface area (Å²) in [6.45, 7) is 2.00. The van der Waals surface area contributed by atoms with Gasteiger partial charge in [0, 0.05) is 6.08 Å². The minimum absolute atomic E-state index is 0.140. The van der Waals surface area contributed by atoms with Crippen LogP contribution in [-0.4, -0.2) is 17.0 Å². The minimum Gasteiger partial charge on any atom is -0.475 e. The number of carboxylic acids is 1. The van der Waals surface area contributed by atoms with Crippen LogP contribution in [0.2, 0.25) is 0 Å². The molecule has 1 rings (SSSR count). The van der Waals surface area contributed by atoms with Crippen molar-refractivity contribution in [2.24, 2.45) is 0 Å². The first-order valence-corrected chi connectivity index (χ1v) is 5.02. The second kappa shape index (κ2) is 6.32. The molecule has 0 radical (unpaired) electrons. The molecular formula is C12H13NO4. The number of nitrogens with one attached hydrogen (secondary N) is 1. The van der Waals surface area contributed by atoms with E-state index in [2.05, 4.69) is 5.32 Å². The molecule has 0 aromatic carbocycles. The van der Waals surface area contributed by atoms with Gasteiger partial charge in [-0.05, 0) is 19.1 Å². The zero-order valence-corrected chi connectivity index (χ0v) is 9.34.